The summed E-state index contributed by atoms with van der Waals surface area (Å²) in [7, 11) is 0. The SMILES string of the molecule is N#Cc1cc(C(=O)CO)ccc1N1CCOCC1. The molecular weight excluding hydrogens is 232 g/mol. The molecule has 5 heteroatoms. The van der Waals surface area contributed by atoms with Gasteiger partial charge in [-0.1, -0.05) is 0 Å². The Morgan fingerprint density at radius 2 is 2.17 bits per heavy atom. The highest BCUT2D eigenvalue weighted by Crippen LogP contribution is 2.22. The zero-order valence-electron chi connectivity index (χ0n) is 9.93. The van der Waals surface area contributed by atoms with Crippen LogP contribution in [0, 0.1) is 11.3 Å². The van der Waals surface area contributed by atoms with Crippen molar-refractivity contribution in [1.82, 2.24) is 0 Å². The van der Waals surface area contributed by atoms with Crippen molar-refractivity contribution in [2.45, 2.75) is 0 Å². The Hall–Kier alpha value is -1.90. The summed E-state index contributed by atoms with van der Waals surface area (Å²) in [6.07, 6.45) is 0. The molecule has 0 radical (unpaired) electrons. The zero-order chi connectivity index (χ0) is 13.0. The maximum atomic E-state index is 11.4. The molecule has 0 saturated carbocycles. The minimum atomic E-state index is -0.540. The van der Waals surface area contributed by atoms with E-state index in [0.29, 0.717) is 24.3 Å². The molecule has 0 aromatic heterocycles. The zero-order valence-corrected chi connectivity index (χ0v) is 9.93. The maximum Gasteiger partial charge on any atom is 0.188 e. The van der Waals surface area contributed by atoms with Crippen molar-refractivity contribution in [3.63, 3.8) is 0 Å². The van der Waals surface area contributed by atoms with E-state index < -0.39 is 6.61 Å². The van der Waals surface area contributed by atoms with Gasteiger partial charge in [-0.25, -0.2) is 0 Å². The summed E-state index contributed by atoms with van der Waals surface area (Å²) in [5, 5.41) is 18.0. The molecule has 2 rings (SSSR count). The van der Waals surface area contributed by atoms with Crippen LogP contribution < -0.4 is 4.90 Å². The summed E-state index contributed by atoms with van der Waals surface area (Å²) < 4.78 is 5.26. The van der Waals surface area contributed by atoms with Gasteiger partial charge < -0.3 is 14.7 Å². The number of nitrogens with zero attached hydrogens (tertiary/aromatic N) is 2. The first-order chi connectivity index (χ1) is 8.76. The van der Waals surface area contributed by atoms with E-state index in [-0.39, 0.29) is 5.78 Å². The standard InChI is InChI=1S/C13H14N2O3/c14-8-11-7-10(13(17)9-16)1-2-12(11)15-3-5-18-6-4-15/h1-2,7,16H,3-6,9H2. The Labute approximate surface area is 105 Å². The van der Waals surface area contributed by atoms with Crippen molar-refractivity contribution < 1.29 is 14.6 Å². The molecule has 94 valence electrons. The van der Waals surface area contributed by atoms with Crippen LogP contribution in [0.3, 0.4) is 0 Å². The van der Waals surface area contributed by atoms with Crippen molar-refractivity contribution in [2.24, 2.45) is 0 Å². The fourth-order valence-electron chi connectivity index (χ4n) is 1.97. The van der Waals surface area contributed by atoms with E-state index in [0.717, 1.165) is 18.8 Å². The van der Waals surface area contributed by atoms with Crippen LogP contribution in [0.15, 0.2) is 18.2 Å². The number of carbonyl (C=O) groups excluding carboxylic acids is 1. The van der Waals surface area contributed by atoms with Crippen LogP contribution in [0.25, 0.3) is 0 Å². The lowest BCUT2D eigenvalue weighted by molar-refractivity contribution is 0.0903. The summed E-state index contributed by atoms with van der Waals surface area (Å²) in [6.45, 7) is 2.22. The molecule has 1 aliphatic rings. The number of aliphatic hydroxyl groups excluding tert-OH is 1. The molecule has 1 saturated heterocycles. The van der Waals surface area contributed by atoms with Crippen molar-refractivity contribution in [3.05, 3.63) is 29.3 Å². The number of hydrogen-bond donors (Lipinski definition) is 1. The number of benzene rings is 1. The molecule has 1 aromatic rings. The van der Waals surface area contributed by atoms with Crippen LogP contribution in [0.2, 0.25) is 0 Å². The van der Waals surface area contributed by atoms with Gasteiger partial charge in [0, 0.05) is 18.7 Å². The number of carbonyl (C=O) groups is 1. The number of rotatable bonds is 3. The van der Waals surface area contributed by atoms with E-state index in [4.69, 9.17) is 15.1 Å². The van der Waals surface area contributed by atoms with Gasteiger partial charge in [-0.15, -0.1) is 0 Å². The molecule has 0 unspecified atom stereocenters. The second-order valence-corrected chi connectivity index (χ2v) is 4.02. The third-order valence-corrected chi connectivity index (χ3v) is 2.93. The number of ether oxygens (including phenoxy) is 1. The topological polar surface area (TPSA) is 73.6 Å². The summed E-state index contributed by atoms with van der Waals surface area (Å²) in [4.78, 5) is 13.4. The van der Waals surface area contributed by atoms with E-state index in [1.807, 2.05) is 0 Å². The Morgan fingerprint density at radius 3 is 2.78 bits per heavy atom. The van der Waals surface area contributed by atoms with E-state index in [1.54, 1.807) is 12.1 Å². The van der Waals surface area contributed by atoms with Crippen molar-refractivity contribution in [1.29, 1.82) is 5.26 Å². The van der Waals surface area contributed by atoms with Gasteiger partial charge in [-0.2, -0.15) is 5.26 Å². The highest BCUT2D eigenvalue weighted by Gasteiger charge is 2.16. The molecule has 0 atom stereocenters. The van der Waals surface area contributed by atoms with Crippen molar-refractivity contribution in [3.8, 4) is 6.07 Å². The third kappa shape index (κ3) is 2.50. The lowest BCUT2D eigenvalue weighted by Crippen LogP contribution is -2.36. The molecule has 1 aliphatic heterocycles. The van der Waals surface area contributed by atoms with E-state index >= 15 is 0 Å². The van der Waals surface area contributed by atoms with Gasteiger partial charge in [-0.05, 0) is 18.2 Å². The molecule has 1 aromatic carbocycles. The fraction of sp³-hybridized carbons (Fsp3) is 0.385. The average molecular weight is 246 g/mol. The molecule has 0 bridgehead atoms. The molecule has 1 N–H and O–H groups in total. The van der Waals surface area contributed by atoms with Crippen molar-refractivity contribution >= 4 is 11.5 Å². The van der Waals surface area contributed by atoms with Gasteiger partial charge in [0.2, 0.25) is 0 Å². The Bertz CT molecular complexity index is 487. The summed E-state index contributed by atoms with van der Waals surface area (Å²) >= 11 is 0. The van der Waals surface area contributed by atoms with Crippen LogP contribution in [0.5, 0.6) is 0 Å². The third-order valence-electron chi connectivity index (χ3n) is 2.93. The first-order valence-electron chi connectivity index (χ1n) is 5.77. The van der Waals surface area contributed by atoms with Crippen LogP contribution in [-0.2, 0) is 4.74 Å². The number of morpholine rings is 1. The van der Waals surface area contributed by atoms with Crippen molar-refractivity contribution in [2.75, 3.05) is 37.8 Å². The second kappa shape index (κ2) is 5.63. The first kappa shape index (κ1) is 12.6. The Morgan fingerprint density at radius 1 is 1.44 bits per heavy atom. The minimum absolute atomic E-state index is 0.367. The number of aliphatic hydroxyl groups is 1. The van der Waals surface area contributed by atoms with Crippen LogP contribution in [0.1, 0.15) is 15.9 Å². The average Bonchev–Trinajstić information content (AvgIpc) is 2.46. The normalized spacial score (nSPS) is 15.2. The lowest BCUT2D eigenvalue weighted by Gasteiger charge is -2.29. The smallest absolute Gasteiger partial charge is 0.188 e. The number of hydrogen-bond acceptors (Lipinski definition) is 5. The highest BCUT2D eigenvalue weighted by atomic mass is 16.5. The molecule has 0 aliphatic carbocycles. The van der Waals surface area contributed by atoms with E-state index in [2.05, 4.69) is 11.0 Å². The molecule has 18 heavy (non-hydrogen) atoms. The largest absolute Gasteiger partial charge is 0.388 e. The molecule has 0 spiro atoms. The Balaban J connectivity index is 2.31. The van der Waals surface area contributed by atoms with E-state index in [9.17, 15) is 4.79 Å². The fourth-order valence-corrected chi connectivity index (χ4v) is 1.97. The molecule has 0 amide bonds. The predicted octanol–water partition coefficient (Wildman–Crippen LogP) is 0.570. The van der Waals surface area contributed by atoms with Crippen LogP contribution >= 0.6 is 0 Å². The van der Waals surface area contributed by atoms with Gasteiger partial charge in [0.25, 0.3) is 0 Å². The molecular formula is C13H14N2O3. The number of Topliss-reactive ketones (excluding diaryl/α,β-unsaturated/α-hetero) is 1. The molecule has 1 fully saturated rings. The Kier molecular flexibility index (Phi) is 3.92. The molecule has 5 nitrogen and oxygen atoms in total. The highest BCUT2D eigenvalue weighted by molar-refractivity contribution is 5.97. The lowest BCUT2D eigenvalue weighted by atomic mass is 10.1. The summed E-state index contributed by atoms with van der Waals surface area (Å²) in [5.41, 5.74) is 1.64. The summed E-state index contributed by atoms with van der Waals surface area (Å²) in [5.74, 6) is -0.375. The maximum absolute atomic E-state index is 11.4. The van der Waals surface area contributed by atoms with Crippen LogP contribution in [-0.4, -0.2) is 43.8 Å². The van der Waals surface area contributed by atoms with Gasteiger partial charge in [0.15, 0.2) is 5.78 Å². The van der Waals surface area contributed by atoms with Gasteiger partial charge >= 0.3 is 0 Å². The number of anilines is 1. The minimum Gasteiger partial charge on any atom is -0.388 e. The van der Waals surface area contributed by atoms with Gasteiger partial charge in [-0.3, -0.25) is 4.79 Å². The predicted molar refractivity (Wildman–Crippen MR) is 65.6 cm³/mol. The summed E-state index contributed by atoms with van der Waals surface area (Å²) in [6, 6.07) is 7.03. The van der Waals surface area contributed by atoms with E-state index in [1.165, 1.54) is 6.07 Å². The van der Waals surface area contributed by atoms with Gasteiger partial charge in [0.05, 0.1) is 24.5 Å². The van der Waals surface area contributed by atoms with Gasteiger partial charge in [0.1, 0.15) is 12.7 Å². The molecule has 1 heterocycles. The monoisotopic (exact) mass is 246 g/mol. The number of ketones is 1. The van der Waals surface area contributed by atoms with Crippen LogP contribution in [0.4, 0.5) is 5.69 Å². The second-order valence-electron chi connectivity index (χ2n) is 4.02. The quantitative estimate of drug-likeness (QED) is 0.789. The first-order valence-corrected chi connectivity index (χ1v) is 5.77. The number of nitriles is 1.